The van der Waals surface area contributed by atoms with Crippen LogP contribution in [-0.4, -0.2) is 29.5 Å². The van der Waals surface area contributed by atoms with Crippen LogP contribution >= 0.6 is 0 Å². The summed E-state index contributed by atoms with van der Waals surface area (Å²) in [6.45, 7) is 3.04. The zero-order chi connectivity index (χ0) is 17.7. The van der Waals surface area contributed by atoms with Crippen molar-refractivity contribution >= 4 is 11.8 Å². The Bertz CT molecular complexity index is 712. The van der Waals surface area contributed by atoms with E-state index in [4.69, 9.17) is 4.42 Å². The van der Waals surface area contributed by atoms with Gasteiger partial charge in [0.25, 0.3) is 5.91 Å². The molecule has 0 saturated heterocycles. The molecule has 0 fully saturated rings. The lowest BCUT2D eigenvalue weighted by Gasteiger charge is -2.20. The van der Waals surface area contributed by atoms with E-state index in [1.54, 1.807) is 13.8 Å². The predicted octanol–water partition coefficient (Wildman–Crippen LogP) is 1.70. The Labute approximate surface area is 138 Å². The fraction of sp³-hybridized carbons (Fsp3) is 0.294. The second-order valence-electron chi connectivity index (χ2n) is 5.43. The van der Waals surface area contributed by atoms with Crippen LogP contribution in [0.15, 0.2) is 41.0 Å². The summed E-state index contributed by atoms with van der Waals surface area (Å²) in [6, 6.07) is 6.29. The van der Waals surface area contributed by atoms with Crippen molar-refractivity contribution < 1.29 is 23.5 Å². The smallest absolute Gasteiger partial charge is 0.255 e. The molecule has 2 rings (SSSR count). The second-order valence-corrected chi connectivity index (χ2v) is 5.43. The van der Waals surface area contributed by atoms with Crippen LogP contribution in [-0.2, 0) is 4.79 Å². The van der Waals surface area contributed by atoms with Crippen LogP contribution in [0.4, 0.5) is 4.39 Å². The highest BCUT2D eigenvalue weighted by molar-refractivity contribution is 5.97. The first kappa shape index (κ1) is 17.7. The van der Waals surface area contributed by atoms with E-state index in [0.717, 1.165) is 0 Å². The topological polar surface area (TPSA) is 91.6 Å². The number of aliphatic hydroxyl groups excluding tert-OH is 1. The van der Waals surface area contributed by atoms with E-state index in [9.17, 15) is 19.1 Å². The average Bonchev–Trinajstić information content (AvgIpc) is 2.98. The minimum Gasteiger partial charge on any atom is -0.469 e. The molecular formula is C17H19FN2O4. The maximum atomic E-state index is 12.9. The molecule has 1 heterocycles. The van der Waals surface area contributed by atoms with Gasteiger partial charge in [-0.1, -0.05) is 12.1 Å². The lowest BCUT2D eigenvalue weighted by atomic mass is 10.0. The second kappa shape index (κ2) is 7.74. The number of carbonyl (C=O) groups excluding carboxylic acids is 2. The number of hydrogen-bond acceptors (Lipinski definition) is 4. The summed E-state index contributed by atoms with van der Waals surface area (Å²) in [4.78, 5) is 23.8. The number of nitrogens with one attached hydrogen (secondary N) is 2. The van der Waals surface area contributed by atoms with Gasteiger partial charge in [0.15, 0.2) is 0 Å². The van der Waals surface area contributed by atoms with Crippen LogP contribution in [0.2, 0.25) is 0 Å². The number of carbonyl (C=O) groups is 2. The molecule has 2 atom stereocenters. The summed E-state index contributed by atoms with van der Waals surface area (Å²) in [5.41, 5.74) is 0.851. The largest absolute Gasteiger partial charge is 0.469 e. The van der Waals surface area contributed by atoms with Gasteiger partial charge in [0.2, 0.25) is 5.91 Å². The van der Waals surface area contributed by atoms with Crippen molar-refractivity contribution in [1.82, 2.24) is 10.6 Å². The first-order chi connectivity index (χ1) is 11.4. The molecule has 128 valence electrons. The van der Waals surface area contributed by atoms with Gasteiger partial charge in [-0.25, -0.2) is 4.39 Å². The Morgan fingerprint density at radius 1 is 1.25 bits per heavy atom. The van der Waals surface area contributed by atoms with Crippen molar-refractivity contribution in [1.29, 1.82) is 0 Å². The number of halogens is 1. The molecule has 24 heavy (non-hydrogen) atoms. The number of aliphatic hydroxyl groups is 1. The Balaban J connectivity index is 1.84. The number of furan rings is 1. The number of rotatable bonds is 6. The fourth-order valence-corrected chi connectivity index (χ4v) is 2.21. The molecule has 1 aromatic carbocycles. The lowest BCUT2D eigenvalue weighted by Crippen LogP contribution is -2.43. The molecule has 3 N–H and O–H groups in total. The summed E-state index contributed by atoms with van der Waals surface area (Å²) in [7, 11) is 0. The Morgan fingerprint density at radius 2 is 1.92 bits per heavy atom. The van der Waals surface area contributed by atoms with E-state index in [0.29, 0.717) is 16.9 Å². The first-order valence-corrected chi connectivity index (χ1v) is 7.43. The molecular weight excluding hydrogens is 315 g/mol. The maximum absolute atomic E-state index is 12.9. The molecule has 6 nitrogen and oxygen atoms in total. The van der Waals surface area contributed by atoms with Crippen LogP contribution in [0, 0.1) is 12.7 Å². The molecule has 2 amide bonds. The van der Waals surface area contributed by atoms with Gasteiger partial charge >= 0.3 is 0 Å². The molecule has 1 aromatic heterocycles. The van der Waals surface area contributed by atoms with Crippen molar-refractivity contribution in [2.24, 2.45) is 0 Å². The highest BCUT2D eigenvalue weighted by Crippen LogP contribution is 2.17. The standard InChI is InChI=1S/C17H19FN2O4/c1-10(16(22)12-3-5-13(18)6-4-12)20-15(21)9-19-17(23)14-7-8-24-11(14)2/h3-8,10,16,22H,9H2,1-2H3,(H,19,23)(H,20,21). The van der Waals surface area contributed by atoms with Gasteiger partial charge in [0.1, 0.15) is 11.6 Å². The highest BCUT2D eigenvalue weighted by Gasteiger charge is 2.19. The quantitative estimate of drug-likeness (QED) is 0.750. The number of aryl methyl sites for hydroxylation is 1. The molecule has 2 aromatic rings. The van der Waals surface area contributed by atoms with E-state index >= 15 is 0 Å². The van der Waals surface area contributed by atoms with Crippen LogP contribution in [0.25, 0.3) is 0 Å². The van der Waals surface area contributed by atoms with Gasteiger partial charge in [0.05, 0.1) is 30.5 Å². The zero-order valence-corrected chi connectivity index (χ0v) is 13.4. The van der Waals surface area contributed by atoms with E-state index in [1.165, 1.54) is 36.6 Å². The third-order valence-electron chi connectivity index (χ3n) is 3.59. The highest BCUT2D eigenvalue weighted by atomic mass is 19.1. The predicted molar refractivity (Wildman–Crippen MR) is 84.7 cm³/mol. The number of amides is 2. The van der Waals surface area contributed by atoms with E-state index < -0.39 is 29.8 Å². The molecule has 0 bridgehead atoms. The molecule has 2 unspecified atom stereocenters. The molecule has 0 aliphatic carbocycles. The van der Waals surface area contributed by atoms with Crippen molar-refractivity contribution in [2.45, 2.75) is 26.0 Å². The molecule has 0 spiro atoms. The lowest BCUT2D eigenvalue weighted by molar-refractivity contribution is -0.121. The normalized spacial score (nSPS) is 13.2. The Kier molecular flexibility index (Phi) is 5.70. The minimum atomic E-state index is -0.985. The third kappa shape index (κ3) is 4.42. The molecule has 0 aliphatic heterocycles. The van der Waals surface area contributed by atoms with Crippen molar-refractivity contribution in [3.63, 3.8) is 0 Å². The van der Waals surface area contributed by atoms with Crippen LogP contribution in [0.3, 0.4) is 0 Å². The number of benzene rings is 1. The zero-order valence-electron chi connectivity index (χ0n) is 13.4. The van der Waals surface area contributed by atoms with E-state index in [1.807, 2.05) is 0 Å². The van der Waals surface area contributed by atoms with Crippen LogP contribution in [0.1, 0.15) is 34.7 Å². The van der Waals surface area contributed by atoms with Crippen LogP contribution < -0.4 is 10.6 Å². The van der Waals surface area contributed by atoms with E-state index in [2.05, 4.69) is 10.6 Å². The minimum absolute atomic E-state index is 0.232. The summed E-state index contributed by atoms with van der Waals surface area (Å²) < 4.78 is 17.9. The van der Waals surface area contributed by atoms with Crippen molar-refractivity contribution in [3.8, 4) is 0 Å². The van der Waals surface area contributed by atoms with Gasteiger partial charge in [-0.3, -0.25) is 9.59 Å². The summed E-state index contributed by atoms with van der Waals surface area (Å²) in [5, 5.41) is 15.2. The average molecular weight is 334 g/mol. The molecule has 0 aliphatic rings. The van der Waals surface area contributed by atoms with Gasteiger partial charge in [-0.2, -0.15) is 0 Å². The van der Waals surface area contributed by atoms with Gasteiger partial charge in [-0.05, 0) is 37.6 Å². The fourth-order valence-electron chi connectivity index (χ4n) is 2.21. The van der Waals surface area contributed by atoms with E-state index in [-0.39, 0.29) is 6.54 Å². The molecule has 0 radical (unpaired) electrons. The van der Waals surface area contributed by atoms with Crippen LogP contribution in [0.5, 0.6) is 0 Å². The maximum Gasteiger partial charge on any atom is 0.255 e. The van der Waals surface area contributed by atoms with Gasteiger partial charge in [0, 0.05) is 0 Å². The summed E-state index contributed by atoms with van der Waals surface area (Å²) >= 11 is 0. The third-order valence-corrected chi connectivity index (χ3v) is 3.59. The Morgan fingerprint density at radius 3 is 2.50 bits per heavy atom. The SMILES string of the molecule is Cc1occc1C(=O)NCC(=O)NC(C)C(O)c1ccc(F)cc1. The van der Waals surface area contributed by atoms with Gasteiger partial charge < -0.3 is 20.2 Å². The molecule has 7 heteroatoms. The summed E-state index contributed by atoms with van der Waals surface area (Å²) in [5.74, 6) is -0.797. The van der Waals surface area contributed by atoms with Crippen molar-refractivity contribution in [3.05, 3.63) is 59.3 Å². The number of hydrogen-bond donors (Lipinski definition) is 3. The van der Waals surface area contributed by atoms with Crippen molar-refractivity contribution in [2.75, 3.05) is 6.54 Å². The monoisotopic (exact) mass is 334 g/mol. The first-order valence-electron chi connectivity index (χ1n) is 7.43. The Hall–Kier alpha value is -2.67. The summed E-state index contributed by atoms with van der Waals surface area (Å²) in [6.07, 6.45) is 0.409. The van der Waals surface area contributed by atoms with Gasteiger partial charge in [-0.15, -0.1) is 0 Å². The molecule has 0 saturated carbocycles.